The quantitative estimate of drug-likeness (QED) is 0.401. The Balaban J connectivity index is 2.69. The third kappa shape index (κ3) is 2.65. The highest BCUT2D eigenvalue weighted by atomic mass is 16.5. The van der Waals surface area contributed by atoms with Gasteiger partial charge in [0.25, 0.3) is 0 Å². The lowest BCUT2D eigenvalue weighted by atomic mass is 10.2. The Morgan fingerprint density at radius 3 is 3.23 bits per heavy atom. The number of ether oxygens (including phenoxy) is 1. The smallest absolute Gasteiger partial charge is 0.140 e. The molecule has 0 aliphatic rings. The number of pyridine rings is 1. The number of azide groups is 1. The lowest BCUT2D eigenvalue weighted by Gasteiger charge is -2.04. The van der Waals surface area contributed by atoms with Crippen LogP contribution in [0.1, 0.15) is 5.69 Å². The standard InChI is InChI=1S/C8H10N4O/c1-13-8-3-2-5-10-7(8)4-6-11-12-9/h2-3,5H,4,6H2,1H3. The Morgan fingerprint density at radius 1 is 1.69 bits per heavy atom. The molecule has 13 heavy (non-hydrogen) atoms. The largest absolute Gasteiger partial charge is 0.495 e. The highest BCUT2D eigenvalue weighted by Gasteiger charge is 2.00. The van der Waals surface area contributed by atoms with Crippen molar-refractivity contribution in [1.82, 2.24) is 4.98 Å². The van der Waals surface area contributed by atoms with Crippen LogP contribution in [0.15, 0.2) is 23.4 Å². The maximum Gasteiger partial charge on any atom is 0.140 e. The molecule has 1 heterocycles. The molecule has 1 rings (SSSR count). The molecule has 0 N–H and O–H groups in total. The Hall–Kier alpha value is -1.74. The van der Waals surface area contributed by atoms with Crippen molar-refractivity contribution in [2.75, 3.05) is 13.7 Å². The average Bonchev–Trinajstić information content (AvgIpc) is 2.19. The highest BCUT2D eigenvalue weighted by molar-refractivity contribution is 5.26. The van der Waals surface area contributed by atoms with Crippen molar-refractivity contribution in [2.45, 2.75) is 6.42 Å². The number of hydrogen-bond acceptors (Lipinski definition) is 3. The van der Waals surface area contributed by atoms with E-state index < -0.39 is 0 Å². The average molecular weight is 178 g/mol. The summed E-state index contributed by atoms with van der Waals surface area (Å²) in [5.41, 5.74) is 8.89. The first-order valence-electron chi connectivity index (χ1n) is 3.87. The summed E-state index contributed by atoms with van der Waals surface area (Å²) < 4.78 is 5.08. The summed E-state index contributed by atoms with van der Waals surface area (Å²) >= 11 is 0. The van der Waals surface area contributed by atoms with Gasteiger partial charge >= 0.3 is 0 Å². The zero-order valence-electron chi connectivity index (χ0n) is 7.34. The summed E-state index contributed by atoms with van der Waals surface area (Å²) in [5.74, 6) is 0.732. The lowest BCUT2D eigenvalue weighted by molar-refractivity contribution is 0.407. The fourth-order valence-corrected chi connectivity index (χ4v) is 0.997. The minimum absolute atomic E-state index is 0.407. The predicted octanol–water partition coefficient (Wildman–Crippen LogP) is 1.94. The molecule has 0 radical (unpaired) electrons. The second-order valence-electron chi connectivity index (χ2n) is 2.36. The van der Waals surface area contributed by atoms with Crippen LogP contribution < -0.4 is 4.74 Å². The highest BCUT2D eigenvalue weighted by Crippen LogP contribution is 2.14. The predicted molar refractivity (Wildman–Crippen MR) is 48.5 cm³/mol. The van der Waals surface area contributed by atoms with Crippen molar-refractivity contribution in [3.05, 3.63) is 34.5 Å². The van der Waals surface area contributed by atoms with E-state index in [1.807, 2.05) is 6.07 Å². The SMILES string of the molecule is COc1cccnc1CCN=[N+]=[N-]. The van der Waals surface area contributed by atoms with E-state index in [1.165, 1.54) is 0 Å². The van der Waals surface area contributed by atoms with Crippen molar-refractivity contribution in [3.8, 4) is 5.75 Å². The lowest BCUT2D eigenvalue weighted by Crippen LogP contribution is -1.96. The zero-order chi connectivity index (χ0) is 9.52. The summed E-state index contributed by atoms with van der Waals surface area (Å²) in [6.45, 7) is 0.407. The normalized spacial score (nSPS) is 9.00. The molecule has 0 aliphatic carbocycles. The molecule has 5 nitrogen and oxygen atoms in total. The van der Waals surface area contributed by atoms with Crippen LogP contribution in [0.5, 0.6) is 5.75 Å². The Morgan fingerprint density at radius 2 is 2.54 bits per heavy atom. The Bertz CT molecular complexity index is 320. The van der Waals surface area contributed by atoms with E-state index in [0.717, 1.165) is 11.4 Å². The van der Waals surface area contributed by atoms with E-state index in [4.69, 9.17) is 10.3 Å². The van der Waals surface area contributed by atoms with Gasteiger partial charge in [-0.05, 0) is 24.1 Å². The van der Waals surface area contributed by atoms with Crippen LogP contribution in [0.2, 0.25) is 0 Å². The number of nitrogens with zero attached hydrogens (tertiary/aromatic N) is 4. The van der Waals surface area contributed by atoms with E-state index in [2.05, 4.69) is 15.0 Å². The maximum absolute atomic E-state index is 8.08. The second kappa shape index (κ2) is 5.00. The molecule has 0 atom stereocenters. The molecule has 68 valence electrons. The molecule has 0 bridgehead atoms. The van der Waals surface area contributed by atoms with Crippen LogP contribution in [0.3, 0.4) is 0 Å². The first kappa shape index (κ1) is 9.35. The van der Waals surface area contributed by atoms with Gasteiger partial charge in [0.1, 0.15) is 5.75 Å². The monoisotopic (exact) mass is 178 g/mol. The zero-order valence-corrected chi connectivity index (χ0v) is 7.34. The summed E-state index contributed by atoms with van der Waals surface area (Å²) in [4.78, 5) is 6.78. The molecule has 0 fully saturated rings. The van der Waals surface area contributed by atoms with E-state index in [9.17, 15) is 0 Å². The first-order valence-corrected chi connectivity index (χ1v) is 3.87. The van der Waals surface area contributed by atoms with E-state index >= 15 is 0 Å². The van der Waals surface area contributed by atoms with E-state index in [0.29, 0.717) is 13.0 Å². The third-order valence-electron chi connectivity index (χ3n) is 1.58. The molecule has 1 aromatic rings. The molecule has 1 aromatic heterocycles. The number of aromatic nitrogens is 1. The van der Waals surface area contributed by atoms with Gasteiger partial charge in [0.15, 0.2) is 0 Å². The van der Waals surface area contributed by atoms with Crippen LogP contribution in [0.25, 0.3) is 10.4 Å². The maximum atomic E-state index is 8.08. The molecule has 0 saturated carbocycles. The fraction of sp³-hybridized carbons (Fsp3) is 0.375. The minimum atomic E-state index is 0.407. The Kier molecular flexibility index (Phi) is 3.60. The first-order chi connectivity index (χ1) is 6.38. The molecule has 0 amide bonds. The van der Waals surface area contributed by atoms with Gasteiger partial charge in [-0.3, -0.25) is 4.98 Å². The minimum Gasteiger partial charge on any atom is -0.495 e. The molecule has 0 unspecified atom stereocenters. The molecular formula is C8H10N4O. The number of methoxy groups -OCH3 is 1. The van der Waals surface area contributed by atoms with Crippen molar-refractivity contribution < 1.29 is 4.74 Å². The van der Waals surface area contributed by atoms with Crippen molar-refractivity contribution in [3.63, 3.8) is 0 Å². The van der Waals surface area contributed by atoms with Gasteiger partial charge < -0.3 is 4.74 Å². The van der Waals surface area contributed by atoms with Gasteiger partial charge in [0.05, 0.1) is 12.8 Å². The van der Waals surface area contributed by atoms with Gasteiger partial charge in [-0.15, -0.1) is 0 Å². The van der Waals surface area contributed by atoms with Crippen LogP contribution in [0, 0.1) is 0 Å². The Labute approximate surface area is 76.0 Å². The fourth-order valence-electron chi connectivity index (χ4n) is 0.997. The van der Waals surface area contributed by atoms with Gasteiger partial charge in [-0.25, -0.2) is 0 Å². The molecule has 5 heteroatoms. The summed E-state index contributed by atoms with van der Waals surface area (Å²) in [6, 6.07) is 3.63. The van der Waals surface area contributed by atoms with Crippen LogP contribution >= 0.6 is 0 Å². The molecular weight excluding hydrogens is 168 g/mol. The third-order valence-corrected chi connectivity index (χ3v) is 1.58. The van der Waals surface area contributed by atoms with Gasteiger partial charge in [-0.1, -0.05) is 5.11 Å². The van der Waals surface area contributed by atoms with Gasteiger partial charge in [0.2, 0.25) is 0 Å². The van der Waals surface area contributed by atoms with Crippen LogP contribution in [-0.2, 0) is 6.42 Å². The van der Waals surface area contributed by atoms with Crippen molar-refractivity contribution in [1.29, 1.82) is 0 Å². The molecule has 0 spiro atoms. The number of rotatable bonds is 4. The number of hydrogen-bond donors (Lipinski definition) is 0. The topological polar surface area (TPSA) is 70.9 Å². The van der Waals surface area contributed by atoms with Crippen LogP contribution in [0.4, 0.5) is 0 Å². The van der Waals surface area contributed by atoms with Crippen molar-refractivity contribution >= 4 is 0 Å². The van der Waals surface area contributed by atoms with Gasteiger partial charge in [-0.2, -0.15) is 0 Å². The summed E-state index contributed by atoms with van der Waals surface area (Å²) in [5, 5.41) is 3.43. The second-order valence-corrected chi connectivity index (χ2v) is 2.36. The molecule has 0 saturated heterocycles. The van der Waals surface area contributed by atoms with Crippen LogP contribution in [-0.4, -0.2) is 18.6 Å². The van der Waals surface area contributed by atoms with Crippen molar-refractivity contribution in [2.24, 2.45) is 5.11 Å². The summed E-state index contributed by atoms with van der Waals surface area (Å²) in [6.07, 6.45) is 2.29. The molecule has 0 aliphatic heterocycles. The van der Waals surface area contributed by atoms with Gasteiger partial charge in [0, 0.05) is 17.7 Å². The molecule has 0 aromatic carbocycles. The van der Waals surface area contributed by atoms with E-state index in [1.54, 1.807) is 19.4 Å². The summed E-state index contributed by atoms with van der Waals surface area (Å²) in [7, 11) is 1.59. The van der Waals surface area contributed by atoms with E-state index in [-0.39, 0.29) is 0 Å².